The summed E-state index contributed by atoms with van der Waals surface area (Å²) < 4.78 is 10.7. The van der Waals surface area contributed by atoms with Crippen LogP contribution in [0.3, 0.4) is 0 Å². The number of carboxylic acids is 1. The zero-order chi connectivity index (χ0) is 18.9. The molecule has 26 heavy (non-hydrogen) atoms. The molecule has 0 radical (unpaired) electrons. The van der Waals surface area contributed by atoms with Gasteiger partial charge in [-0.25, -0.2) is 4.79 Å². The van der Waals surface area contributed by atoms with E-state index in [-0.39, 0.29) is 11.9 Å². The zero-order valence-corrected chi connectivity index (χ0v) is 14.8. The molecule has 138 valence electrons. The highest BCUT2D eigenvalue weighted by Gasteiger charge is 2.22. The lowest BCUT2D eigenvalue weighted by Crippen LogP contribution is -2.33. The van der Waals surface area contributed by atoms with Gasteiger partial charge in [-0.2, -0.15) is 0 Å². The normalized spacial score (nSPS) is 12.8. The quantitative estimate of drug-likeness (QED) is 0.720. The minimum atomic E-state index is -1.03. The predicted molar refractivity (Wildman–Crippen MR) is 96.9 cm³/mol. The van der Waals surface area contributed by atoms with Gasteiger partial charge in [-0.1, -0.05) is 42.5 Å². The number of carboxylic acid groups (broad SMARTS) is 1. The maximum Gasteiger partial charge on any atom is 0.341 e. The number of rotatable bonds is 9. The first-order chi connectivity index (χ1) is 12.5. The van der Waals surface area contributed by atoms with Gasteiger partial charge in [0.15, 0.2) is 12.7 Å². The summed E-state index contributed by atoms with van der Waals surface area (Å²) in [5.41, 5.74) is 1.68. The lowest BCUT2D eigenvalue weighted by Gasteiger charge is -2.21. The van der Waals surface area contributed by atoms with Crippen LogP contribution >= 0.6 is 0 Å². The second kappa shape index (κ2) is 9.58. The Hall–Kier alpha value is -2.86. The van der Waals surface area contributed by atoms with Crippen LogP contribution in [-0.4, -0.2) is 30.2 Å². The minimum absolute atomic E-state index is 0.211. The number of carbonyl (C=O) groups is 2. The van der Waals surface area contributed by atoms with E-state index >= 15 is 0 Å². The van der Waals surface area contributed by atoms with E-state index in [1.165, 1.54) is 0 Å². The Bertz CT molecular complexity index is 715. The lowest BCUT2D eigenvalue weighted by atomic mass is 10.1. The van der Waals surface area contributed by atoms with Crippen LogP contribution in [0.5, 0.6) is 5.75 Å². The van der Waals surface area contributed by atoms with Crippen molar-refractivity contribution in [1.82, 2.24) is 5.32 Å². The molecule has 0 aliphatic carbocycles. The van der Waals surface area contributed by atoms with E-state index in [4.69, 9.17) is 14.6 Å². The molecule has 0 aliphatic heterocycles. The van der Waals surface area contributed by atoms with Gasteiger partial charge in [0.1, 0.15) is 5.75 Å². The minimum Gasteiger partial charge on any atom is -0.482 e. The number of nitrogens with one attached hydrogen (secondary N) is 1. The van der Waals surface area contributed by atoms with E-state index in [1.807, 2.05) is 44.2 Å². The van der Waals surface area contributed by atoms with Crippen LogP contribution < -0.4 is 10.1 Å². The first kappa shape index (κ1) is 19.5. The van der Waals surface area contributed by atoms with Gasteiger partial charge in [0.05, 0.1) is 6.04 Å². The second-order valence-corrected chi connectivity index (χ2v) is 5.73. The van der Waals surface area contributed by atoms with Crippen LogP contribution in [-0.2, 0) is 14.3 Å². The number of benzene rings is 2. The molecule has 2 unspecified atom stereocenters. The molecule has 6 heteroatoms. The highest BCUT2D eigenvalue weighted by atomic mass is 16.5. The lowest BCUT2D eigenvalue weighted by molar-refractivity contribution is -0.139. The molecule has 0 fully saturated rings. The Morgan fingerprint density at radius 1 is 1.04 bits per heavy atom. The van der Waals surface area contributed by atoms with E-state index in [9.17, 15) is 9.59 Å². The Morgan fingerprint density at radius 3 is 2.27 bits per heavy atom. The third-order valence-corrected chi connectivity index (χ3v) is 3.77. The van der Waals surface area contributed by atoms with Crippen LogP contribution in [0, 0.1) is 0 Å². The van der Waals surface area contributed by atoms with Crippen molar-refractivity contribution < 1.29 is 24.2 Å². The van der Waals surface area contributed by atoms with Gasteiger partial charge in [-0.05, 0) is 37.1 Å². The Balaban J connectivity index is 2.01. The number of hydrogen-bond donors (Lipinski definition) is 2. The molecule has 2 aromatic rings. The summed E-state index contributed by atoms with van der Waals surface area (Å²) in [5, 5.41) is 11.6. The molecule has 0 heterocycles. The highest BCUT2D eigenvalue weighted by Crippen LogP contribution is 2.21. The van der Waals surface area contributed by atoms with Crippen molar-refractivity contribution in [3.63, 3.8) is 0 Å². The smallest absolute Gasteiger partial charge is 0.341 e. The van der Waals surface area contributed by atoms with Gasteiger partial charge in [-0.3, -0.25) is 4.79 Å². The first-order valence-corrected chi connectivity index (χ1v) is 8.42. The summed E-state index contributed by atoms with van der Waals surface area (Å²) >= 11 is 0. The molecule has 6 nitrogen and oxygen atoms in total. The van der Waals surface area contributed by atoms with Gasteiger partial charge in [0.2, 0.25) is 0 Å². The number of amides is 1. The van der Waals surface area contributed by atoms with Crippen LogP contribution in [0.15, 0.2) is 54.6 Å². The van der Waals surface area contributed by atoms with Crippen LogP contribution in [0.4, 0.5) is 0 Å². The molecule has 0 aromatic heterocycles. The summed E-state index contributed by atoms with van der Waals surface area (Å²) in [7, 11) is 0. The topological polar surface area (TPSA) is 84.9 Å². The third-order valence-electron chi connectivity index (χ3n) is 3.77. The molecule has 2 atom stereocenters. The molecule has 0 aliphatic rings. The molecule has 0 spiro atoms. The summed E-state index contributed by atoms with van der Waals surface area (Å²) in [5.74, 6) is -0.777. The fourth-order valence-electron chi connectivity index (χ4n) is 2.49. The number of hydrogen-bond acceptors (Lipinski definition) is 4. The summed E-state index contributed by atoms with van der Waals surface area (Å²) in [6.07, 6.45) is -0.665. The average molecular weight is 357 g/mol. The SMILES string of the molecule is CCOC(C(=O)NC(C)c1ccc(OCC(=O)O)cc1)c1ccccc1. The summed E-state index contributed by atoms with van der Waals surface area (Å²) in [4.78, 5) is 23.2. The molecule has 0 saturated carbocycles. The largest absolute Gasteiger partial charge is 0.482 e. The van der Waals surface area contributed by atoms with Crippen LogP contribution in [0.1, 0.15) is 37.1 Å². The molecule has 2 aromatic carbocycles. The van der Waals surface area contributed by atoms with Crippen molar-refractivity contribution in [2.45, 2.75) is 26.0 Å². The van der Waals surface area contributed by atoms with Crippen LogP contribution in [0.25, 0.3) is 0 Å². The molecular weight excluding hydrogens is 334 g/mol. The number of aliphatic carboxylic acids is 1. The molecule has 0 saturated heterocycles. The number of ether oxygens (including phenoxy) is 2. The van der Waals surface area contributed by atoms with Crippen LogP contribution in [0.2, 0.25) is 0 Å². The average Bonchev–Trinajstić information content (AvgIpc) is 2.65. The van der Waals surface area contributed by atoms with Crippen molar-refractivity contribution in [3.8, 4) is 5.75 Å². The fraction of sp³-hybridized carbons (Fsp3) is 0.300. The molecule has 2 rings (SSSR count). The van der Waals surface area contributed by atoms with Gasteiger partial charge < -0.3 is 19.9 Å². The van der Waals surface area contributed by atoms with Crippen molar-refractivity contribution in [2.75, 3.05) is 13.2 Å². The zero-order valence-electron chi connectivity index (χ0n) is 14.8. The van der Waals surface area contributed by atoms with E-state index in [2.05, 4.69) is 5.32 Å². The van der Waals surface area contributed by atoms with Crippen molar-refractivity contribution in [3.05, 3.63) is 65.7 Å². The third kappa shape index (κ3) is 5.60. The molecule has 1 amide bonds. The summed E-state index contributed by atoms with van der Waals surface area (Å²) in [6.45, 7) is 3.76. The standard InChI is InChI=1S/C20H23NO5/c1-3-25-19(16-7-5-4-6-8-16)20(24)21-14(2)15-9-11-17(12-10-15)26-13-18(22)23/h4-12,14,19H,3,13H2,1-2H3,(H,21,24)(H,22,23). The monoisotopic (exact) mass is 357 g/mol. The molecular formula is C20H23NO5. The maximum atomic E-state index is 12.6. The molecule has 2 N–H and O–H groups in total. The highest BCUT2D eigenvalue weighted by molar-refractivity contribution is 5.82. The van der Waals surface area contributed by atoms with Gasteiger partial charge in [0.25, 0.3) is 5.91 Å². The summed E-state index contributed by atoms with van der Waals surface area (Å²) in [6, 6.07) is 16.1. The Labute approximate surface area is 152 Å². The maximum absolute atomic E-state index is 12.6. The van der Waals surface area contributed by atoms with Gasteiger partial charge in [-0.15, -0.1) is 0 Å². The Kier molecular flexibility index (Phi) is 7.17. The molecule has 0 bridgehead atoms. The van der Waals surface area contributed by atoms with E-state index < -0.39 is 18.7 Å². The van der Waals surface area contributed by atoms with Gasteiger partial charge >= 0.3 is 5.97 Å². The number of carbonyl (C=O) groups excluding carboxylic acids is 1. The van der Waals surface area contributed by atoms with E-state index in [1.54, 1.807) is 24.3 Å². The van der Waals surface area contributed by atoms with E-state index in [0.29, 0.717) is 12.4 Å². The predicted octanol–water partition coefficient (Wildman–Crippen LogP) is 3.11. The van der Waals surface area contributed by atoms with Crippen molar-refractivity contribution in [1.29, 1.82) is 0 Å². The first-order valence-electron chi connectivity index (χ1n) is 8.42. The second-order valence-electron chi connectivity index (χ2n) is 5.73. The Morgan fingerprint density at radius 2 is 1.69 bits per heavy atom. The van der Waals surface area contributed by atoms with Gasteiger partial charge in [0, 0.05) is 6.61 Å². The van der Waals surface area contributed by atoms with Crippen molar-refractivity contribution in [2.24, 2.45) is 0 Å². The fourth-order valence-corrected chi connectivity index (χ4v) is 2.49. The van der Waals surface area contributed by atoms with E-state index in [0.717, 1.165) is 11.1 Å². The van der Waals surface area contributed by atoms with Crippen molar-refractivity contribution >= 4 is 11.9 Å².